The third-order valence-electron chi connectivity index (χ3n) is 1.24. The fourth-order valence-corrected chi connectivity index (χ4v) is 0.735. The molecule has 0 aromatic rings. The summed E-state index contributed by atoms with van der Waals surface area (Å²) in [6.45, 7) is 5.63. The average molecular weight is 178 g/mol. The summed E-state index contributed by atoms with van der Waals surface area (Å²) in [5.41, 5.74) is 6.04. The van der Waals surface area contributed by atoms with Crippen LogP contribution in [0.2, 0.25) is 0 Å². The lowest BCUT2D eigenvalue weighted by atomic mass is 10.2. The van der Waals surface area contributed by atoms with Gasteiger partial charge in [0.05, 0.1) is 18.0 Å². The van der Waals surface area contributed by atoms with Crippen LogP contribution in [-0.4, -0.2) is 18.5 Å². The molecule has 0 aromatic carbocycles. The van der Waals surface area contributed by atoms with E-state index in [0.29, 0.717) is 0 Å². The monoisotopic (exact) mass is 178 g/mol. The van der Waals surface area contributed by atoms with Crippen LogP contribution in [0.25, 0.3) is 0 Å². The van der Waals surface area contributed by atoms with Gasteiger partial charge in [0.25, 0.3) is 0 Å². The Labute approximate surface area is 78.5 Å². The summed E-state index contributed by atoms with van der Waals surface area (Å²) in [6.07, 6.45) is 3.33. The fraction of sp³-hybridized carbons (Fsp3) is 0.444. The van der Waals surface area contributed by atoms with Gasteiger partial charge in [0.2, 0.25) is 0 Å². The predicted molar refractivity (Wildman–Crippen MR) is 54.6 cm³/mol. The molecule has 0 saturated carbocycles. The van der Waals surface area contributed by atoms with E-state index in [0.717, 1.165) is 18.6 Å². The fourth-order valence-electron chi connectivity index (χ4n) is 0.735. The third-order valence-corrected chi connectivity index (χ3v) is 1.24. The van der Waals surface area contributed by atoms with Gasteiger partial charge in [0, 0.05) is 0 Å². The molecule has 70 valence electrons. The highest BCUT2D eigenvalue weighted by atomic mass is 14.9. The Kier molecular flexibility index (Phi) is 6.16. The van der Waals surface area contributed by atoms with Crippen molar-refractivity contribution in [3.63, 3.8) is 0 Å². The van der Waals surface area contributed by atoms with Crippen LogP contribution in [0.4, 0.5) is 0 Å². The first-order valence-corrected chi connectivity index (χ1v) is 4.09. The second-order valence-electron chi connectivity index (χ2n) is 2.47. The highest BCUT2D eigenvalue weighted by Crippen LogP contribution is 1.91. The first-order valence-electron chi connectivity index (χ1n) is 4.09. The van der Waals surface area contributed by atoms with E-state index >= 15 is 0 Å². The van der Waals surface area contributed by atoms with Crippen molar-refractivity contribution in [2.24, 2.45) is 15.7 Å². The Morgan fingerprint density at radius 2 is 2.38 bits per heavy atom. The summed E-state index contributed by atoms with van der Waals surface area (Å²) in [7, 11) is 0. The first-order chi connectivity index (χ1) is 6.20. The number of nitriles is 1. The van der Waals surface area contributed by atoms with Gasteiger partial charge in [-0.2, -0.15) is 5.26 Å². The molecule has 0 aliphatic carbocycles. The SMILES string of the molecule is C=C(N)N=CC(CCC)=NCC#N. The summed E-state index contributed by atoms with van der Waals surface area (Å²) in [5.74, 6) is 0.251. The van der Waals surface area contributed by atoms with Crippen molar-refractivity contribution >= 4 is 11.9 Å². The van der Waals surface area contributed by atoms with Gasteiger partial charge >= 0.3 is 0 Å². The third kappa shape index (κ3) is 6.76. The van der Waals surface area contributed by atoms with Crippen LogP contribution in [0.1, 0.15) is 19.8 Å². The average Bonchev–Trinajstić information content (AvgIpc) is 2.09. The van der Waals surface area contributed by atoms with Crippen LogP contribution < -0.4 is 5.73 Å². The quantitative estimate of drug-likeness (QED) is 0.508. The molecule has 0 saturated heterocycles. The molecule has 0 amide bonds. The molecule has 4 heteroatoms. The maximum Gasteiger partial charge on any atom is 0.126 e. The smallest absolute Gasteiger partial charge is 0.126 e. The van der Waals surface area contributed by atoms with E-state index in [2.05, 4.69) is 16.6 Å². The molecule has 0 fully saturated rings. The van der Waals surface area contributed by atoms with Crippen LogP contribution in [0, 0.1) is 11.3 Å². The molecule has 13 heavy (non-hydrogen) atoms. The molecule has 0 bridgehead atoms. The van der Waals surface area contributed by atoms with Gasteiger partial charge < -0.3 is 5.73 Å². The van der Waals surface area contributed by atoms with E-state index in [-0.39, 0.29) is 12.4 Å². The van der Waals surface area contributed by atoms with Crippen molar-refractivity contribution in [3.05, 3.63) is 12.4 Å². The van der Waals surface area contributed by atoms with Crippen LogP contribution in [-0.2, 0) is 0 Å². The second-order valence-corrected chi connectivity index (χ2v) is 2.47. The zero-order valence-electron chi connectivity index (χ0n) is 7.82. The highest BCUT2D eigenvalue weighted by molar-refractivity contribution is 6.30. The van der Waals surface area contributed by atoms with Crippen LogP contribution in [0.3, 0.4) is 0 Å². The number of hydrogen-bond acceptors (Lipinski definition) is 4. The molecule has 0 atom stereocenters. The Morgan fingerprint density at radius 1 is 1.69 bits per heavy atom. The van der Waals surface area contributed by atoms with Crippen molar-refractivity contribution in [1.82, 2.24) is 0 Å². The summed E-state index contributed by atoms with van der Waals surface area (Å²) in [5, 5.41) is 8.32. The van der Waals surface area contributed by atoms with Crippen molar-refractivity contribution in [2.75, 3.05) is 6.54 Å². The number of aliphatic imine (C=N–C) groups is 2. The van der Waals surface area contributed by atoms with Crippen LogP contribution in [0.5, 0.6) is 0 Å². The normalized spacial score (nSPS) is 11.5. The van der Waals surface area contributed by atoms with Gasteiger partial charge in [-0.1, -0.05) is 19.9 Å². The topological polar surface area (TPSA) is 74.5 Å². The lowest BCUT2D eigenvalue weighted by Gasteiger charge is -1.95. The van der Waals surface area contributed by atoms with Gasteiger partial charge in [0.15, 0.2) is 0 Å². The Hall–Kier alpha value is -1.63. The number of hydrogen-bond donors (Lipinski definition) is 1. The van der Waals surface area contributed by atoms with E-state index in [1.807, 2.05) is 13.0 Å². The molecule has 2 N–H and O–H groups in total. The lowest BCUT2D eigenvalue weighted by Crippen LogP contribution is -2.02. The van der Waals surface area contributed by atoms with E-state index in [1.165, 1.54) is 0 Å². The molecule has 0 aromatic heterocycles. The zero-order chi connectivity index (χ0) is 10.1. The molecule has 0 spiro atoms. The minimum atomic E-state index is 0.165. The van der Waals surface area contributed by atoms with E-state index < -0.39 is 0 Å². The molecule has 0 rings (SSSR count). The van der Waals surface area contributed by atoms with Crippen LogP contribution >= 0.6 is 0 Å². The lowest BCUT2D eigenvalue weighted by molar-refractivity contribution is 0.993. The summed E-state index contributed by atoms with van der Waals surface area (Å²) in [4.78, 5) is 7.83. The maximum atomic E-state index is 8.32. The summed E-state index contributed by atoms with van der Waals surface area (Å²) in [6, 6.07) is 1.94. The van der Waals surface area contributed by atoms with Crippen molar-refractivity contribution in [3.8, 4) is 6.07 Å². The van der Waals surface area contributed by atoms with Gasteiger partial charge in [-0.25, -0.2) is 4.99 Å². The Bertz CT molecular complexity index is 257. The van der Waals surface area contributed by atoms with Crippen molar-refractivity contribution < 1.29 is 0 Å². The molecule has 0 aliphatic heterocycles. The van der Waals surface area contributed by atoms with E-state index in [4.69, 9.17) is 11.0 Å². The molecule has 0 aliphatic rings. The summed E-state index contributed by atoms with van der Waals surface area (Å²) >= 11 is 0. The van der Waals surface area contributed by atoms with Crippen molar-refractivity contribution in [2.45, 2.75) is 19.8 Å². The molecular weight excluding hydrogens is 164 g/mol. The van der Waals surface area contributed by atoms with Gasteiger partial charge in [-0.3, -0.25) is 4.99 Å². The molecule has 0 unspecified atom stereocenters. The second kappa shape index (κ2) is 7.04. The number of nitrogens with two attached hydrogens (primary N) is 1. The Morgan fingerprint density at radius 3 is 2.85 bits per heavy atom. The molecule has 0 radical (unpaired) electrons. The van der Waals surface area contributed by atoms with Crippen molar-refractivity contribution in [1.29, 1.82) is 5.26 Å². The van der Waals surface area contributed by atoms with E-state index in [1.54, 1.807) is 6.21 Å². The Balaban J connectivity index is 4.26. The van der Waals surface area contributed by atoms with E-state index in [9.17, 15) is 0 Å². The molecule has 4 nitrogen and oxygen atoms in total. The maximum absolute atomic E-state index is 8.32. The van der Waals surface area contributed by atoms with Gasteiger partial charge in [-0.05, 0) is 6.42 Å². The molecule has 0 heterocycles. The largest absolute Gasteiger partial charge is 0.384 e. The first kappa shape index (κ1) is 11.4. The number of rotatable bonds is 5. The molecular formula is C9H14N4. The minimum Gasteiger partial charge on any atom is -0.384 e. The summed E-state index contributed by atoms with van der Waals surface area (Å²) < 4.78 is 0. The number of nitrogens with zero attached hydrogens (tertiary/aromatic N) is 3. The highest BCUT2D eigenvalue weighted by Gasteiger charge is 1.92. The van der Waals surface area contributed by atoms with Gasteiger partial charge in [0.1, 0.15) is 12.4 Å². The zero-order valence-corrected chi connectivity index (χ0v) is 7.82. The van der Waals surface area contributed by atoms with Crippen LogP contribution in [0.15, 0.2) is 22.4 Å². The minimum absolute atomic E-state index is 0.165. The predicted octanol–water partition coefficient (Wildman–Crippen LogP) is 1.25. The van der Waals surface area contributed by atoms with Gasteiger partial charge in [-0.15, -0.1) is 0 Å². The standard InChI is InChI=1S/C9H14N4/c1-3-4-9(12-6-5-10)7-13-8(2)11/h7H,2-4,6,11H2,1H3.